The van der Waals surface area contributed by atoms with Gasteiger partial charge in [-0.15, -0.1) is 0 Å². The van der Waals surface area contributed by atoms with Crippen molar-refractivity contribution in [2.24, 2.45) is 5.92 Å². The zero-order chi connectivity index (χ0) is 36.0. The Hall–Kier alpha value is -4.42. The van der Waals surface area contributed by atoms with Crippen LogP contribution in [-0.4, -0.2) is 43.5 Å². The number of esters is 1. The van der Waals surface area contributed by atoms with E-state index in [0.29, 0.717) is 22.2 Å². The average molecular weight is 720 g/mol. The minimum atomic E-state index is -1.35. The molecule has 1 amide bonds. The van der Waals surface area contributed by atoms with Crippen LogP contribution in [0, 0.1) is 12.8 Å². The number of carbonyl (C=O) groups is 2. The predicted molar refractivity (Wildman–Crippen MR) is 206 cm³/mol. The topological polar surface area (TPSA) is 58.6 Å². The van der Waals surface area contributed by atoms with Crippen molar-refractivity contribution >= 4 is 35.1 Å². The van der Waals surface area contributed by atoms with Crippen LogP contribution >= 0.6 is 23.2 Å². The van der Waals surface area contributed by atoms with E-state index in [0.717, 1.165) is 47.1 Å². The van der Waals surface area contributed by atoms with Gasteiger partial charge in [-0.1, -0.05) is 138 Å². The summed E-state index contributed by atoms with van der Waals surface area (Å²) in [7, 11) is 3.74. The number of hydrogen-bond donors (Lipinski definition) is 1. The molecule has 1 aliphatic rings. The molecular formula is C44H44Cl2N2O3. The van der Waals surface area contributed by atoms with Crippen LogP contribution in [0.2, 0.25) is 10.0 Å². The largest absolute Gasteiger partial charge is 0.444 e. The lowest BCUT2D eigenvalue weighted by Crippen LogP contribution is -2.45. The van der Waals surface area contributed by atoms with E-state index in [1.54, 1.807) is 4.90 Å². The molecule has 1 N–H and O–H groups in total. The highest BCUT2D eigenvalue weighted by atomic mass is 35.5. The number of nitrogens with zero attached hydrogens (tertiary/aromatic N) is 1. The molecule has 7 heteroatoms. The Bertz CT molecular complexity index is 1950. The van der Waals surface area contributed by atoms with Gasteiger partial charge in [0, 0.05) is 46.4 Å². The molecule has 1 aliphatic carbocycles. The first-order chi connectivity index (χ1) is 24.7. The van der Waals surface area contributed by atoms with E-state index in [4.69, 9.17) is 27.9 Å². The number of fused-ring (bicyclic) bond motifs is 1. The van der Waals surface area contributed by atoms with Crippen LogP contribution in [-0.2, 0) is 32.8 Å². The molecule has 5 nitrogen and oxygen atoms in total. The second kappa shape index (κ2) is 16.3. The van der Waals surface area contributed by atoms with Crippen LogP contribution < -0.4 is 5.32 Å². The normalized spacial score (nSPS) is 16.1. The summed E-state index contributed by atoms with van der Waals surface area (Å²) in [5.41, 5.74) is 5.39. The van der Waals surface area contributed by atoms with Crippen LogP contribution in [0.5, 0.6) is 0 Å². The fourth-order valence-electron chi connectivity index (χ4n) is 7.53. The van der Waals surface area contributed by atoms with Gasteiger partial charge in [-0.3, -0.25) is 9.59 Å². The van der Waals surface area contributed by atoms with Gasteiger partial charge < -0.3 is 15.0 Å². The van der Waals surface area contributed by atoms with Crippen LogP contribution in [0.15, 0.2) is 127 Å². The zero-order valence-corrected chi connectivity index (χ0v) is 30.8. The molecule has 0 radical (unpaired) electrons. The van der Waals surface area contributed by atoms with Gasteiger partial charge >= 0.3 is 5.97 Å². The Morgan fingerprint density at radius 1 is 0.843 bits per heavy atom. The summed E-state index contributed by atoms with van der Waals surface area (Å²) >= 11 is 13.1. The molecule has 262 valence electrons. The van der Waals surface area contributed by atoms with E-state index < -0.39 is 17.5 Å². The highest BCUT2D eigenvalue weighted by Crippen LogP contribution is 2.45. The quantitative estimate of drug-likeness (QED) is 0.0975. The summed E-state index contributed by atoms with van der Waals surface area (Å²) < 4.78 is 6.80. The highest BCUT2D eigenvalue weighted by Gasteiger charge is 2.44. The van der Waals surface area contributed by atoms with Crippen LogP contribution in [0.3, 0.4) is 0 Å². The Kier molecular flexibility index (Phi) is 11.6. The molecule has 0 spiro atoms. The number of amides is 1. The molecule has 4 atom stereocenters. The lowest BCUT2D eigenvalue weighted by Gasteiger charge is -2.37. The summed E-state index contributed by atoms with van der Waals surface area (Å²) in [5.74, 6) is -1.30. The number of rotatable bonds is 13. The molecule has 5 aromatic carbocycles. The van der Waals surface area contributed by atoms with Crippen LogP contribution in [0.25, 0.3) is 0 Å². The smallest absolute Gasteiger partial charge is 0.308 e. The standard InChI is InChI=1S/C44H44Cl2N2O3/c1-30-17-22-34(23-18-30)44(33-12-5-4-6-13-33,40-15-9-10-16-41(40)46)51-42(49)28-39(38-26-21-32-11-7-8-14-37(32)38)43(50)48(3)29-36(47-2)27-31-19-24-35(45)25-20-31/h4-20,22-25,36,38-39,47H,21,26-29H2,1-3H3/t36-,38-,39+,44?/m1/s1. The first-order valence-electron chi connectivity index (χ1n) is 17.5. The third kappa shape index (κ3) is 8.07. The monoisotopic (exact) mass is 718 g/mol. The second-order valence-corrected chi connectivity index (χ2v) is 14.4. The van der Waals surface area contributed by atoms with Crippen molar-refractivity contribution in [1.29, 1.82) is 0 Å². The third-order valence-corrected chi connectivity index (χ3v) is 10.8. The van der Waals surface area contributed by atoms with Gasteiger partial charge in [-0.25, -0.2) is 0 Å². The number of hydrogen-bond acceptors (Lipinski definition) is 4. The van der Waals surface area contributed by atoms with Crippen molar-refractivity contribution in [3.63, 3.8) is 0 Å². The van der Waals surface area contributed by atoms with Crippen molar-refractivity contribution in [3.05, 3.63) is 176 Å². The van der Waals surface area contributed by atoms with E-state index in [1.165, 1.54) is 5.56 Å². The summed E-state index contributed by atoms with van der Waals surface area (Å²) in [6, 6.07) is 41.2. The maximum atomic E-state index is 14.7. The van der Waals surface area contributed by atoms with Gasteiger partial charge in [0.05, 0.1) is 12.3 Å². The molecule has 0 saturated heterocycles. The highest BCUT2D eigenvalue weighted by molar-refractivity contribution is 6.31. The SMILES string of the molecule is CN[C@H](Cc1ccc(Cl)cc1)CN(C)C(=O)[C@@H](CC(=O)OC(c1ccccc1)(c1ccc(C)cc1)c1ccccc1Cl)[C@@H]1CCc2ccccc21. The molecule has 0 fully saturated rings. The lowest BCUT2D eigenvalue weighted by molar-refractivity contribution is -0.157. The van der Waals surface area contributed by atoms with Gasteiger partial charge in [0.25, 0.3) is 0 Å². The summed E-state index contributed by atoms with van der Waals surface area (Å²) in [6.45, 7) is 2.49. The lowest BCUT2D eigenvalue weighted by atomic mass is 9.79. The molecule has 0 bridgehead atoms. The molecule has 0 aliphatic heterocycles. The van der Waals surface area contributed by atoms with Crippen molar-refractivity contribution in [1.82, 2.24) is 10.2 Å². The van der Waals surface area contributed by atoms with E-state index in [-0.39, 0.29) is 24.3 Å². The summed E-state index contributed by atoms with van der Waals surface area (Å²) in [6.07, 6.45) is 2.27. The molecule has 1 unspecified atom stereocenters. The van der Waals surface area contributed by atoms with Crippen molar-refractivity contribution < 1.29 is 14.3 Å². The Balaban J connectivity index is 1.36. The van der Waals surface area contributed by atoms with Gasteiger partial charge in [-0.2, -0.15) is 0 Å². The second-order valence-electron chi connectivity index (χ2n) is 13.6. The molecule has 0 saturated carbocycles. The Labute approximate surface area is 311 Å². The number of likely N-dealkylation sites (N-methyl/N-ethyl adjacent to an activating group) is 2. The zero-order valence-electron chi connectivity index (χ0n) is 29.3. The first kappa shape index (κ1) is 36.4. The van der Waals surface area contributed by atoms with Crippen LogP contribution in [0.4, 0.5) is 0 Å². The molecular weight excluding hydrogens is 675 g/mol. The summed E-state index contributed by atoms with van der Waals surface area (Å²) in [4.78, 5) is 31.1. The number of carbonyl (C=O) groups excluding carboxylic acids is 2. The average Bonchev–Trinajstić information content (AvgIpc) is 3.58. The first-order valence-corrected chi connectivity index (χ1v) is 18.3. The number of nitrogens with one attached hydrogen (secondary N) is 1. The van der Waals surface area contributed by atoms with Gasteiger partial charge in [0.1, 0.15) is 0 Å². The van der Waals surface area contributed by atoms with Gasteiger partial charge in [0.2, 0.25) is 5.91 Å². The maximum absolute atomic E-state index is 14.7. The van der Waals surface area contributed by atoms with Crippen molar-refractivity contribution in [2.45, 2.75) is 50.2 Å². The van der Waals surface area contributed by atoms with E-state index in [1.807, 2.05) is 136 Å². The molecule has 5 aromatic rings. The number of aryl methyl sites for hydroxylation is 2. The summed E-state index contributed by atoms with van der Waals surface area (Å²) in [5, 5.41) is 4.54. The minimum absolute atomic E-state index is 0.00363. The number of halogens is 2. The molecule has 51 heavy (non-hydrogen) atoms. The van der Waals surface area contributed by atoms with E-state index in [2.05, 4.69) is 17.4 Å². The van der Waals surface area contributed by atoms with Gasteiger partial charge in [0.15, 0.2) is 5.60 Å². The van der Waals surface area contributed by atoms with Gasteiger partial charge in [-0.05, 0) is 74.0 Å². The molecule has 0 aromatic heterocycles. The fourth-order valence-corrected chi connectivity index (χ4v) is 7.92. The van der Waals surface area contributed by atoms with E-state index >= 15 is 0 Å². The molecule has 6 rings (SSSR count). The predicted octanol–water partition coefficient (Wildman–Crippen LogP) is 9.16. The third-order valence-electron chi connectivity index (χ3n) is 10.2. The number of ether oxygens (including phenoxy) is 1. The van der Waals surface area contributed by atoms with Crippen molar-refractivity contribution in [3.8, 4) is 0 Å². The van der Waals surface area contributed by atoms with E-state index in [9.17, 15) is 9.59 Å². The van der Waals surface area contributed by atoms with Crippen molar-refractivity contribution in [2.75, 3.05) is 20.6 Å². The van der Waals surface area contributed by atoms with Crippen LogP contribution in [0.1, 0.15) is 57.7 Å². The Morgan fingerprint density at radius 3 is 2.20 bits per heavy atom. The minimum Gasteiger partial charge on any atom is -0.444 e. The molecule has 0 heterocycles. The number of benzene rings is 5. The fraction of sp³-hybridized carbons (Fsp3) is 0.273. The Morgan fingerprint density at radius 2 is 1.49 bits per heavy atom. The maximum Gasteiger partial charge on any atom is 0.308 e.